The van der Waals surface area contributed by atoms with Crippen LogP contribution in [-0.4, -0.2) is 31.1 Å². The van der Waals surface area contributed by atoms with Crippen molar-refractivity contribution in [2.75, 3.05) is 18.5 Å². The molecule has 2 aromatic carbocycles. The molecule has 5 nitrogen and oxygen atoms in total. The van der Waals surface area contributed by atoms with E-state index in [0.29, 0.717) is 17.8 Å². The zero-order valence-electron chi connectivity index (χ0n) is 13.6. The number of nitrogens with one attached hydrogen (secondary N) is 2. The summed E-state index contributed by atoms with van der Waals surface area (Å²) in [7, 11) is 0. The molecule has 0 spiro atoms. The monoisotopic (exact) mass is 342 g/mol. The van der Waals surface area contributed by atoms with Crippen LogP contribution in [0.25, 0.3) is 0 Å². The van der Waals surface area contributed by atoms with Crippen LogP contribution in [0, 0.1) is 5.82 Å². The van der Waals surface area contributed by atoms with Crippen LogP contribution in [-0.2, 0) is 4.74 Å². The average molecular weight is 342 g/mol. The van der Waals surface area contributed by atoms with E-state index >= 15 is 0 Å². The molecule has 6 heteroatoms. The minimum atomic E-state index is -0.491. The highest BCUT2D eigenvalue weighted by Crippen LogP contribution is 2.17. The number of carbonyl (C=O) groups excluding carboxylic acids is 2. The Kier molecular flexibility index (Phi) is 5.40. The molecule has 1 aliphatic heterocycles. The van der Waals surface area contributed by atoms with Crippen molar-refractivity contribution in [3.8, 4) is 0 Å². The van der Waals surface area contributed by atoms with E-state index in [-0.39, 0.29) is 17.6 Å². The molecule has 1 fully saturated rings. The van der Waals surface area contributed by atoms with Crippen molar-refractivity contribution in [2.24, 2.45) is 0 Å². The molecule has 3 rings (SSSR count). The standard InChI is InChI=1S/C19H19FN2O3/c20-14-6-3-5-13(11-14)18(23)22-17-9-2-1-8-16(17)19(24)21-12-15-7-4-10-25-15/h1-3,5-6,8-9,11,15H,4,7,10,12H2,(H,21,24)(H,22,23)/t15-/m0/s1. The molecule has 1 saturated heterocycles. The fourth-order valence-corrected chi connectivity index (χ4v) is 2.72. The van der Waals surface area contributed by atoms with Gasteiger partial charge in [-0.2, -0.15) is 0 Å². The van der Waals surface area contributed by atoms with Crippen LogP contribution in [0.2, 0.25) is 0 Å². The summed E-state index contributed by atoms with van der Waals surface area (Å²) >= 11 is 0. The number of rotatable bonds is 5. The van der Waals surface area contributed by atoms with Crippen LogP contribution in [0.5, 0.6) is 0 Å². The Labute approximate surface area is 145 Å². The number of hydrogen-bond donors (Lipinski definition) is 2. The van der Waals surface area contributed by atoms with Crippen LogP contribution < -0.4 is 10.6 Å². The van der Waals surface area contributed by atoms with Gasteiger partial charge in [0.25, 0.3) is 11.8 Å². The molecular formula is C19H19FN2O3. The number of amides is 2. The van der Waals surface area contributed by atoms with Crippen LogP contribution in [0.3, 0.4) is 0 Å². The van der Waals surface area contributed by atoms with Crippen LogP contribution >= 0.6 is 0 Å². The van der Waals surface area contributed by atoms with Crippen LogP contribution in [0.1, 0.15) is 33.6 Å². The van der Waals surface area contributed by atoms with Gasteiger partial charge in [-0.3, -0.25) is 9.59 Å². The zero-order valence-corrected chi connectivity index (χ0v) is 13.6. The van der Waals surface area contributed by atoms with Crippen LogP contribution in [0.4, 0.5) is 10.1 Å². The van der Waals surface area contributed by atoms with E-state index in [1.807, 2.05) is 0 Å². The Hall–Kier alpha value is -2.73. The van der Waals surface area contributed by atoms with Gasteiger partial charge in [-0.15, -0.1) is 0 Å². The zero-order chi connectivity index (χ0) is 17.6. The number of benzene rings is 2. The molecule has 1 aliphatic rings. The molecule has 25 heavy (non-hydrogen) atoms. The Morgan fingerprint density at radius 2 is 1.96 bits per heavy atom. The van der Waals surface area contributed by atoms with Gasteiger partial charge >= 0.3 is 0 Å². The van der Waals surface area contributed by atoms with Gasteiger partial charge in [-0.1, -0.05) is 18.2 Å². The topological polar surface area (TPSA) is 67.4 Å². The predicted octanol–water partition coefficient (Wildman–Crippen LogP) is 2.99. The Balaban J connectivity index is 1.69. The molecule has 0 bridgehead atoms. The SMILES string of the molecule is O=C(Nc1ccccc1C(=O)NC[C@@H]1CCCO1)c1cccc(F)c1. The third-order valence-electron chi connectivity index (χ3n) is 4.02. The molecule has 0 aromatic heterocycles. The highest BCUT2D eigenvalue weighted by Gasteiger charge is 2.18. The number of para-hydroxylation sites is 1. The average Bonchev–Trinajstić information content (AvgIpc) is 3.13. The minimum absolute atomic E-state index is 0.0398. The van der Waals surface area contributed by atoms with E-state index < -0.39 is 11.7 Å². The lowest BCUT2D eigenvalue weighted by Gasteiger charge is -2.14. The van der Waals surface area contributed by atoms with Gasteiger partial charge in [0.15, 0.2) is 0 Å². The van der Waals surface area contributed by atoms with E-state index in [1.54, 1.807) is 24.3 Å². The van der Waals surface area contributed by atoms with Crippen molar-refractivity contribution < 1.29 is 18.7 Å². The van der Waals surface area contributed by atoms with E-state index in [1.165, 1.54) is 18.2 Å². The second-order valence-corrected chi connectivity index (χ2v) is 5.86. The summed E-state index contributed by atoms with van der Waals surface area (Å²) in [5.41, 5.74) is 0.918. The summed E-state index contributed by atoms with van der Waals surface area (Å²) in [6.45, 7) is 1.16. The predicted molar refractivity (Wildman–Crippen MR) is 92.1 cm³/mol. The Bertz CT molecular complexity index is 773. The van der Waals surface area contributed by atoms with E-state index in [9.17, 15) is 14.0 Å². The molecule has 2 aromatic rings. The summed E-state index contributed by atoms with van der Waals surface area (Å²) in [6.07, 6.45) is 1.97. The van der Waals surface area contributed by atoms with Gasteiger partial charge in [0.05, 0.1) is 17.4 Å². The fourth-order valence-electron chi connectivity index (χ4n) is 2.72. The first-order valence-electron chi connectivity index (χ1n) is 8.19. The van der Waals surface area contributed by atoms with Gasteiger partial charge in [0.1, 0.15) is 5.82 Å². The molecule has 0 radical (unpaired) electrons. The van der Waals surface area contributed by atoms with Crippen molar-refractivity contribution in [2.45, 2.75) is 18.9 Å². The molecule has 1 atom stereocenters. The lowest BCUT2D eigenvalue weighted by molar-refractivity contribution is 0.0858. The third-order valence-corrected chi connectivity index (χ3v) is 4.02. The number of halogens is 1. The summed E-state index contributed by atoms with van der Waals surface area (Å²) in [4.78, 5) is 24.7. The van der Waals surface area contributed by atoms with Crippen molar-refractivity contribution in [3.05, 3.63) is 65.5 Å². The molecule has 2 N–H and O–H groups in total. The van der Waals surface area contributed by atoms with Gasteiger partial charge in [0, 0.05) is 18.7 Å². The largest absolute Gasteiger partial charge is 0.376 e. The van der Waals surface area contributed by atoms with Gasteiger partial charge < -0.3 is 15.4 Å². The lowest BCUT2D eigenvalue weighted by Crippen LogP contribution is -2.32. The Morgan fingerprint density at radius 3 is 2.72 bits per heavy atom. The summed E-state index contributed by atoms with van der Waals surface area (Å²) in [5, 5.41) is 5.49. The normalized spacial score (nSPS) is 16.4. The molecule has 130 valence electrons. The van der Waals surface area contributed by atoms with Crippen molar-refractivity contribution in [1.29, 1.82) is 0 Å². The van der Waals surface area contributed by atoms with Crippen molar-refractivity contribution in [1.82, 2.24) is 5.32 Å². The quantitative estimate of drug-likeness (QED) is 0.878. The van der Waals surface area contributed by atoms with Gasteiger partial charge in [-0.25, -0.2) is 4.39 Å². The van der Waals surface area contributed by atoms with E-state index in [2.05, 4.69) is 10.6 Å². The molecule has 0 unspecified atom stereocenters. The summed E-state index contributed by atoms with van der Waals surface area (Å²) in [5.74, 6) is -1.25. The smallest absolute Gasteiger partial charge is 0.255 e. The molecule has 2 amide bonds. The van der Waals surface area contributed by atoms with E-state index in [4.69, 9.17) is 4.74 Å². The second-order valence-electron chi connectivity index (χ2n) is 5.86. The van der Waals surface area contributed by atoms with Crippen molar-refractivity contribution >= 4 is 17.5 Å². The van der Waals surface area contributed by atoms with E-state index in [0.717, 1.165) is 25.5 Å². The van der Waals surface area contributed by atoms with Gasteiger partial charge in [0.2, 0.25) is 0 Å². The molecular weight excluding hydrogens is 323 g/mol. The number of hydrogen-bond acceptors (Lipinski definition) is 3. The highest BCUT2D eigenvalue weighted by atomic mass is 19.1. The fraction of sp³-hybridized carbons (Fsp3) is 0.263. The number of carbonyl (C=O) groups is 2. The second kappa shape index (κ2) is 7.90. The van der Waals surface area contributed by atoms with Crippen LogP contribution in [0.15, 0.2) is 48.5 Å². The highest BCUT2D eigenvalue weighted by molar-refractivity contribution is 6.09. The molecule has 1 heterocycles. The first-order chi connectivity index (χ1) is 12.1. The third kappa shape index (κ3) is 4.42. The first kappa shape index (κ1) is 17.1. The maximum absolute atomic E-state index is 13.3. The first-order valence-corrected chi connectivity index (χ1v) is 8.19. The molecule has 0 aliphatic carbocycles. The number of ether oxygens (including phenoxy) is 1. The van der Waals surface area contributed by atoms with Crippen molar-refractivity contribution in [3.63, 3.8) is 0 Å². The molecule has 0 saturated carbocycles. The number of anilines is 1. The maximum atomic E-state index is 13.3. The van der Waals surface area contributed by atoms with Gasteiger partial charge in [-0.05, 0) is 43.2 Å². The summed E-state index contributed by atoms with van der Waals surface area (Å²) in [6, 6.07) is 12.1. The summed E-state index contributed by atoms with van der Waals surface area (Å²) < 4.78 is 18.7. The Morgan fingerprint density at radius 1 is 1.12 bits per heavy atom. The maximum Gasteiger partial charge on any atom is 0.255 e. The lowest BCUT2D eigenvalue weighted by atomic mass is 10.1. The minimum Gasteiger partial charge on any atom is -0.376 e.